The van der Waals surface area contributed by atoms with Crippen LogP contribution in [0.15, 0.2) is 71.1 Å². The zero-order valence-electron chi connectivity index (χ0n) is 15.4. The summed E-state index contributed by atoms with van der Waals surface area (Å²) in [4.78, 5) is 17.3. The molecule has 0 saturated carbocycles. The first kappa shape index (κ1) is 17.7. The van der Waals surface area contributed by atoms with Crippen molar-refractivity contribution in [2.75, 3.05) is 5.75 Å². The maximum Gasteiger partial charge on any atom is 0.162 e. The van der Waals surface area contributed by atoms with E-state index >= 15 is 0 Å². The Balaban J connectivity index is 1.19. The van der Waals surface area contributed by atoms with Crippen molar-refractivity contribution in [1.82, 2.24) is 4.98 Å². The quantitative estimate of drug-likeness (QED) is 0.182. The largest absolute Gasteiger partial charge is 0.294 e. The highest BCUT2D eigenvalue weighted by Crippen LogP contribution is 2.37. The van der Waals surface area contributed by atoms with Crippen LogP contribution in [0, 0.1) is 0 Å². The lowest BCUT2D eigenvalue weighted by molar-refractivity contribution is 0.0982. The standard InChI is InChI=1S/C24H19NOS2/c26-22(9-5-13-27-24-25-21-8-3-4-10-23(21)28-24)17-11-12-20-18(15-17)14-16-6-1-2-7-19(16)20/h1-4,6-8,10-12,15H,5,9,13-14H2. The Morgan fingerprint density at radius 3 is 2.71 bits per heavy atom. The van der Waals surface area contributed by atoms with Crippen molar-refractivity contribution in [2.45, 2.75) is 23.6 Å². The minimum absolute atomic E-state index is 0.239. The second-order valence-electron chi connectivity index (χ2n) is 7.03. The number of nitrogens with zero attached hydrogens (tertiary/aromatic N) is 1. The minimum Gasteiger partial charge on any atom is -0.294 e. The predicted molar refractivity (Wildman–Crippen MR) is 119 cm³/mol. The molecule has 1 heterocycles. The van der Waals surface area contributed by atoms with Crippen molar-refractivity contribution >= 4 is 39.1 Å². The van der Waals surface area contributed by atoms with Crippen LogP contribution in [0.1, 0.15) is 34.3 Å². The van der Waals surface area contributed by atoms with Crippen LogP contribution in [-0.2, 0) is 6.42 Å². The summed E-state index contributed by atoms with van der Waals surface area (Å²) in [6.45, 7) is 0. The van der Waals surface area contributed by atoms with Crippen LogP contribution >= 0.6 is 23.1 Å². The molecule has 0 atom stereocenters. The summed E-state index contributed by atoms with van der Waals surface area (Å²) < 4.78 is 2.31. The van der Waals surface area contributed by atoms with E-state index in [9.17, 15) is 4.79 Å². The smallest absolute Gasteiger partial charge is 0.162 e. The molecule has 0 fully saturated rings. The molecule has 0 unspecified atom stereocenters. The van der Waals surface area contributed by atoms with Crippen molar-refractivity contribution in [3.63, 3.8) is 0 Å². The van der Waals surface area contributed by atoms with E-state index in [1.165, 1.54) is 27.0 Å². The molecule has 28 heavy (non-hydrogen) atoms. The van der Waals surface area contributed by atoms with Crippen molar-refractivity contribution in [3.8, 4) is 11.1 Å². The van der Waals surface area contributed by atoms with Gasteiger partial charge in [0.15, 0.2) is 10.1 Å². The molecule has 5 rings (SSSR count). The van der Waals surface area contributed by atoms with Gasteiger partial charge in [0.05, 0.1) is 10.2 Å². The number of benzene rings is 3. The van der Waals surface area contributed by atoms with Gasteiger partial charge < -0.3 is 0 Å². The van der Waals surface area contributed by atoms with E-state index in [4.69, 9.17) is 0 Å². The molecule has 0 bridgehead atoms. The van der Waals surface area contributed by atoms with Gasteiger partial charge in [0.25, 0.3) is 0 Å². The maximum atomic E-state index is 12.6. The van der Waals surface area contributed by atoms with E-state index in [0.717, 1.165) is 34.0 Å². The van der Waals surface area contributed by atoms with Gasteiger partial charge in [0, 0.05) is 17.7 Å². The van der Waals surface area contributed by atoms with Gasteiger partial charge in [-0.25, -0.2) is 4.98 Å². The first-order valence-electron chi connectivity index (χ1n) is 9.51. The van der Waals surface area contributed by atoms with Gasteiger partial charge >= 0.3 is 0 Å². The average molecular weight is 402 g/mol. The normalized spacial score (nSPS) is 12.1. The molecule has 138 valence electrons. The van der Waals surface area contributed by atoms with Gasteiger partial charge in [-0.05, 0) is 53.3 Å². The maximum absolute atomic E-state index is 12.6. The van der Waals surface area contributed by atoms with E-state index in [1.807, 2.05) is 24.3 Å². The van der Waals surface area contributed by atoms with E-state index < -0.39 is 0 Å². The molecule has 0 N–H and O–H groups in total. The topological polar surface area (TPSA) is 30.0 Å². The Hall–Kier alpha value is -2.43. The van der Waals surface area contributed by atoms with Gasteiger partial charge in [-0.1, -0.05) is 60.3 Å². The molecule has 0 amide bonds. The van der Waals surface area contributed by atoms with E-state index in [0.29, 0.717) is 6.42 Å². The fourth-order valence-corrected chi connectivity index (χ4v) is 5.85. The molecule has 0 radical (unpaired) electrons. The number of thiazole rings is 1. The monoisotopic (exact) mass is 401 g/mol. The van der Waals surface area contributed by atoms with E-state index in [2.05, 4.69) is 47.4 Å². The Labute approximate surface area is 172 Å². The van der Waals surface area contributed by atoms with Crippen LogP contribution in [0.2, 0.25) is 0 Å². The summed E-state index contributed by atoms with van der Waals surface area (Å²) in [5, 5.41) is 0. The molecular weight excluding hydrogens is 382 g/mol. The van der Waals surface area contributed by atoms with Crippen molar-refractivity contribution < 1.29 is 4.79 Å². The third-order valence-corrected chi connectivity index (χ3v) is 7.43. The van der Waals surface area contributed by atoms with Crippen molar-refractivity contribution in [2.24, 2.45) is 0 Å². The first-order valence-corrected chi connectivity index (χ1v) is 11.3. The molecule has 1 aliphatic rings. The molecule has 0 aliphatic heterocycles. The van der Waals surface area contributed by atoms with Crippen LogP contribution in [0.4, 0.5) is 0 Å². The Morgan fingerprint density at radius 1 is 0.964 bits per heavy atom. The average Bonchev–Trinajstić information content (AvgIpc) is 3.31. The molecular formula is C24H19NOS2. The molecule has 4 heteroatoms. The second-order valence-corrected chi connectivity index (χ2v) is 9.40. The third-order valence-electron chi connectivity index (χ3n) is 5.16. The summed E-state index contributed by atoms with van der Waals surface area (Å²) >= 11 is 3.48. The number of carbonyl (C=O) groups excluding carboxylic acids is 1. The van der Waals surface area contributed by atoms with Crippen molar-refractivity contribution in [3.05, 3.63) is 83.4 Å². The summed E-state index contributed by atoms with van der Waals surface area (Å²) in [6, 6.07) is 22.9. The lowest BCUT2D eigenvalue weighted by Crippen LogP contribution is -2.00. The van der Waals surface area contributed by atoms with Crippen LogP contribution in [0.5, 0.6) is 0 Å². The van der Waals surface area contributed by atoms with Gasteiger partial charge in [-0.3, -0.25) is 4.79 Å². The van der Waals surface area contributed by atoms with Gasteiger partial charge in [0.2, 0.25) is 0 Å². The molecule has 3 aromatic carbocycles. The molecule has 2 nitrogen and oxygen atoms in total. The number of hydrogen-bond donors (Lipinski definition) is 0. The number of hydrogen-bond acceptors (Lipinski definition) is 4. The number of rotatable bonds is 6. The first-order chi connectivity index (χ1) is 13.8. The number of ketones is 1. The Morgan fingerprint density at radius 2 is 1.79 bits per heavy atom. The Kier molecular flexibility index (Phi) is 4.75. The van der Waals surface area contributed by atoms with E-state index in [1.54, 1.807) is 23.1 Å². The minimum atomic E-state index is 0.239. The lowest BCUT2D eigenvalue weighted by atomic mass is 10.00. The second kappa shape index (κ2) is 7.53. The molecule has 0 spiro atoms. The van der Waals surface area contributed by atoms with Crippen LogP contribution in [-0.4, -0.2) is 16.5 Å². The number of para-hydroxylation sites is 1. The van der Waals surface area contributed by atoms with E-state index in [-0.39, 0.29) is 5.78 Å². The Bertz CT molecular complexity index is 1150. The molecule has 4 aromatic rings. The third kappa shape index (κ3) is 3.38. The highest BCUT2D eigenvalue weighted by atomic mass is 32.2. The lowest BCUT2D eigenvalue weighted by Gasteiger charge is -2.05. The van der Waals surface area contributed by atoms with Crippen molar-refractivity contribution in [1.29, 1.82) is 0 Å². The number of carbonyl (C=O) groups is 1. The summed E-state index contributed by atoms with van der Waals surface area (Å²) in [6.07, 6.45) is 2.39. The number of thioether (sulfide) groups is 1. The SMILES string of the molecule is O=C(CCCSc1nc2ccccc2s1)c1ccc2c(c1)Cc1ccccc1-2. The van der Waals surface area contributed by atoms with Gasteiger partial charge in [0.1, 0.15) is 0 Å². The summed E-state index contributed by atoms with van der Waals surface area (Å²) in [5.41, 5.74) is 7.12. The van der Waals surface area contributed by atoms with Crippen LogP contribution in [0.3, 0.4) is 0 Å². The zero-order chi connectivity index (χ0) is 18.9. The highest BCUT2D eigenvalue weighted by molar-refractivity contribution is 8.01. The number of aromatic nitrogens is 1. The highest BCUT2D eigenvalue weighted by Gasteiger charge is 2.19. The van der Waals surface area contributed by atoms with Gasteiger partial charge in [-0.2, -0.15) is 0 Å². The predicted octanol–water partition coefficient (Wildman–Crippen LogP) is 6.62. The molecule has 1 aliphatic carbocycles. The fraction of sp³-hybridized carbons (Fsp3) is 0.167. The summed E-state index contributed by atoms with van der Waals surface area (Å²) in [5.74, 6) is 1.16. The molecule has 1 aromatic heterocycles. The van der Waals surface area contributed by atoms with Gasteiger partial charge in [-0.15, -0.1) is 11.3 Å². The summed E-state index contributed by atoms with van der Waals surface area (Å²) in [7, 11) is 0. The van der Waals surface area contributed by atoms with Crippen LogP contribution < -0.4 is 0 Å². The number of fused-ring (bicyclic) bond motifs is 4. The molecule has 0 saturated heterocycles. The van der Waals surface area contributed by atoms with Crippen LogP contribution in [0.25, 0.3) is 21.3 Å². The zero-order valence-corrected chi connectivity index (χ0v) is 17.0. The number of Topliss-reactive ketones (excluding diaryl/α,β-unsaturated/α-hetero) is 1. The fourth-order valence-electron chi connectivity index (χ4n) is 3.77.